The molecule has 2 aromatic rings. The van der Waals surface area contributed by atoms with E-state index in [0.717, 1.165) is 0 Å². The molecule has 0 saturated carbocycles. The van der Waals surface area contributed by atoms with Crippen molar-refractivity contribution >= 4 is 27.5 Å². The van der Waals surface area contributed by atoms with Gasteiger partial charge in [-0.25, -0.2) is 14.3 Å². The van der Waals surface area contributed by atoms with E-state index in [1.54, 1.807) is 6.20 Å². The van der Waals surface area contributed by atoms with Crippen LogP contribution in [0.3, 0.4) is 0 Å². The number of carbonyl (C=O) groups excluding carboxylic acids is 1. The molecule has 2 heterocycles. The summed E-state index contributed by atoms with van der Waals surface area (Å²) < 4.78 is 12.3. The average Bonchev–Trinajstić information content (AvgIpc) is 2.71. The average molecular weight is 300 g/mol. The van der Waals surface area contributed by atoms with Crippen LogP contribution in [0.5, 0.6) is 5.75 Å². The van der Waals surface area contributed by atoms with Crippen LogP contribution in [-0.4, -0.2) is 34.3 Å². The summed E-state index contributed by atoms with van der Waals surface area (Å²) in [6, 6.07) is 0. The molecule has 17 heavy (non-hydrogen) atoms. The van der Waals surface area contributed by atoms with Gasteiger partial charge in [-0.1, -0.05) is 0 Å². The molecule has 6 nitrogen and oxygen atoms in total. The van der Waals surface area contributed by atoms with Gasteiger partial charge in [-0.15, -0.1) is 0 Å². The molecule has 0 aliphatic heterocycles. The number of fused-ring (bicyclic) bond motifs is 1. The Bertz CT molecular complexity index is 567. The van der Waals surface area contributed by atoms with Crippen molar-refractivity contribution in [3.8, 4) is 5.75 Å². The van der Waals surface area contributed by atoms with Gasteiger partial charge in [-0.2, -0.15) is 5.10 Å². The number of hydrogen-bond acceptors (Lipinski definition) is 5. The van der Waals surface area contributed by atoms with Crippen LogP contribution in [0.15, 0.2) is 17.0 Å². The van der Waals surface area contributed by atoms with Gasteiger partial charge in [0, 0.05) is 0 Å². The van der Waals surface area contributed by atoms with Gasteiger partial charge in [-0.05, 0) is 22.9 Å². The predicted octanol–water partition coefficient (Wildman–Crippen LogP) is 1.68. The summed E-state index contributed by atoms with van der Waals surface area (Å²) in [6.07, 6.45) is 2.99. The van der Waals surface area contributed by atoms with Crippen molar-refractivity contribution in [2.24, 2.45) is 0 Å². The fourth-order valence-electron chi connectivity index (χ4n) is 1.43. The summed E-state index contributed by atoms with van der Waals surface area (Å²) >= 11 is 3.30. The molecule has 0 aliphatic rings. The highest BCUT2D eigenvalue weighted by molar-refractivity contribution is 9.10. The summed E-state index contributed by atoms with van der Waals surface area (Å²) in [5.41, 5.74) is 0.738. The van der Waals surface area contributed by atoms with E-state index in [1.807, 2.05) is 6.92 Å². The van der Waals surface area contributed by atoms with E-state index < -0.39 is 5.97 Å². The van der Waals surface area contributed by atoms with Crippen molar-refractivity contribution in [1.29, 1.82) is 0 Å². The number of methoxy groups -OCH3 is 1. The Morgan fingerprint density at radius 2 is 2.29 bits per heavy atom. The molecule has 2 aromatic heterocycles. The minimum absolute atomic E-state index is 0.264. The van der Waals surface area contributed by atoms with E-state index in [4.69, 9.17) is 4.74 Å². The van der Waals surface area contributed by atoms with Crippen LogP contribution < -0.4 is 4.74 Å². The molecule has 0 atom stereocenters. The van der Waals surface area contributed by atoms with Crippen molar-refractivity contribution in [3.63, 3.8) is 0 Å². The summed E-state index contributed by atoms with van der Waals surface area (Å²) in [5.74, 6) is -0.123. The molecule has 0 bridgehead atoms. The lowest BCUT2D eigenvalue weighted by Crippen LogP contribution is -2.09. The first-order valence-corrected chi connectivity index (χ1v) is 5.71. The van der Waals surface area contributed by atoms with Crippen LogP contribution in [0, 0.1) is 0 Å². The number of aromatic nitrogens is 3. The lowest BCUT2D eigenvalue weighted by atomic mass is 10.3. The Morgan fingerprint density at radius 1 is 1.53 bits per heavy atom. The highest BCUT2D eigenvalue weighted by atomic mass is 79.9. The maximum atomic E-state index is 11.6. The molecule has 0 saturated heterocycles. The second-order valence-corrected chi connectivity index (χ2v) is 3.94. The monoisotopic (exact) mass is 299 g/mol. The van der Waals surface area contributed by atoms with E-state index in [1.165, 1.54) is 17.8 Å². The number of hydrogen-bond donors (Lipinski definition) is 0. The molecule has 0 amide bonds. The summed E-state index contributed by atoms with van der Waals surface area (Å²) in [4.78, 5) is 15.7. The topological polar surface area (TPSA) is 65.7 Å². The van der Waals surface area contributed by atoms with Crippen LogP contribution >= 0.6 is 15.9 Å². The molecule has 90 valence electrons. The maximum absolute atomic E-state index is 11.6. The van der Waals surface area contributed by atoms with E-state index in [-0.39, 0.29) is 5.56 Å². The number of imidazole rings is 1. The van der Waals surface area contributed by atoms with E-state index in [9.17, 15) is 4.79 Å². The lowest BCUT2D eigenvalue weighted by Gasteiger charge is -2.09. The fraction of sp³-hybridized carbons (Fsp3) is 0.300. The minimum atomic E-state index is -0.498. The first kappa shape index (κ1) is 11.8. The fourth-order valence-corrected chi connectivity index (χ4v) is 1.79. The molecule has 7 heteroatoms. The molecule has 2 rings (SSSR count). The van der Waals surface area contributed by atoms with Gasteiger partial charge in [0.2, 0.25) is 0 Å². The largest absolute Gasteiger partial charge is 0.489 e. The number of nitrogens with zero attached hydrogens (tertiary/aromatic N) is 3. The zero-order valence-corrected chi connectivity index (χ0v) is 10.9. The summed E-state index contributed by atoms with van der Waals surface area (Å²) in [6.45, 7) is 2.25. The van der Waals surface area contributed by atoms with Crippen LogP contribution in [0.25, 0.3) is 5.65 Å². The van der Waals surface area contributed by atoms with Crippen LogP contribution in [0.1, 0.15) is 17.3 Å². The Morgan fingerprint density at radius 3 is 2.94 bits per heavy atom. The number of ether oxygens (including phenoxy) is 2. The molecule has 0 fully saturated rings. The first-order valence-electron chi connectivity index (χ1n) is 4.92. The smallest absolute Gasteiger partial charge is 0.343 e. The SMILES string of the molecule is CCOc1c(C(=O)OC)cnn2c(Br)cnc12. The van der Waals surface area contributed by atoms with Crippen molar-refractivity contribution in [1.82, 2.24) is 14.6 Å². The standard InChI is InChI=1S/C10H10BrN3O3/c1-3-17-8-6(10(15)16-2)4-13-14-7(11)5-12-9(8)14/h4-5H,3H2,1-2H3. The molecular weight excluding hydrogens is 290 g/mol. The van der Waals surface area contributed by atoms with Crippen LogP contribution in [0.4, 0.5) is 0 Å². The van der Waals surface area contributed by atoms with E-state index in [2.05, 4.69) is 30.7 Å². The van der Waals surface area contributed by atoms with Gasteiger partial charge in [-0.3, -0.25) is 0 Å². The second kappa shape index (κ2) is 4.70. The van der Waals surface area contributed by atoms with E-state index >= 15 is 0 Å². The molecule has 0 unspecified atom stereocenters. The van der Waals surface area contributed by atoms with Crippen LogP contribution in [-0.2, 0) is 4.74 Å². The highest BCUT2D eigenvalue weighted by Gasteiger charge is 2.19. The van der Waals surface area contributed by atoms with E-state index in [0.29, 0.717) is 22.6 Å². The number of esters is 1. The molecule has 0 N–H and O–H groups in total. The van der Waals surface area contributed by atoms with Gasteiger partial charge in [0.15, 0.2) is 11.4 Å². The quantitative estimate of drug-likeness (QED) is 0.807. The van der Waals surface area contributed by atoms with Crippen molar-refractivity contribution in [3.05, 3.63) is 22.6 Å². The zero-order chi connectivity index (χ0) is 12.4. The van der Waals surface area contributed by atoms with Gasteiger partial charge in [0.05, 0.1) is 26.1 Å². The lowest BCUT2D eigenvalue weighted by molar-refractivity contribution is 0.0595. The van der Waals surface area contributed by atoms with Crippen molar-refractivity contribution in [2.75, 3.05) is 13.7 Å². The normalized spacial score (nSPS) is 10.5. The predicted molar refractivity (Wildman–Crippen MR) is 63.2 cm³/mol. The van der Waals surface area contributed by atoms with Gasteiger partial charge in [0.25, 0.3) is 0 Å². The highest BCUT2D eigenvalue weighted by Crippen LogP contribution is 2.26. The maximum Gasteiger partial charge on any atom is 0.343 e. The Hall–Kier alpha value is -1.63. The van der Waals surface area contributed by atoms with Crippen molar-refractivity contribution < 1.29 is 14.3 Å². The molecule has 0 aromatic carbocycles. The number of carbonyl (C=O) groups is 1. The number of rotatable bonds is 3. The first-order chi connectivity index (χ1) is 8.19. The minimum Gasteiger partial charge on any atom is -0.489 e. The third-order valence-electron chi connectivity index (χ3n) is 2.14. The molecule has 0 spiro atoms. The molecule has 0 aliphatic carbocycles. The summed E-state index contributed by atoms with van der Waals surface area (Å²) in [7, 11) is 1.31. The Balaban J connectivity index is 2.68. The molecular formula is C10H10BrN3O3. The second-order valence-electron chi connectivity index (χ2n) is 3.13. The third kappa shape index (κ3) is 1.97. The zero-order valence-electron chi connectivity index (χ0n) is 9.31. The molecule has 0 radical (unpaired) electrons. The number of halogens is 1. The third-order valence-corrected chi connectivity index (χ3v) is 2.68. The van der Waals surface area contributed by atoms with Gasteiger partial charge >= 0.3 is 5.97 Å². The van der Waals surface area contributed by atoms with Gasteiger partial charge in [0.1, 0.15) is 10.2 Å². The Labute approximate surface area is 106 Å². The summed E-state index contributed by atoms with van der Waals surface area (Å²) in [5, 5.41) is 4.08. The van der Waals surface area contributed by atoms with Crippen molar-refractivity contribution in [2.45, 2.75) is 6.92 Å². The van der Waals surface area contributed by atoms with Gasteiger partial charge < -0.3 is 9.47 Å². The van der Waals surface area contributed by atoms with Crippen LogP contribution in [0.2, 0.25) is 0 Å². The Kier molecular flexibility index (Phi) is 3.28.